The van der Waals surface area contributed by atoms with Gasteiger partial charge < -0.3 is 8.85 Å². The maximum atomic E-state index is 6.10. The van der Waals surface area contributed by atoms with E-state index < -0.39 is 8.56 Å². The van der Waals surface area contributed by atoms with Crippen molar-refractivity contribution in [3.05, 3.63) is 0 Å². The van der Waals surface area contributed by atoms with Gasteiger partial charge in [0.2, 0.25) is 0 Å². The topological polar surface area (TPSA) is 18.5 Å². The van der Waals surface area contributed by atoms with Gasteiger partial charge >= 0.3 is 8.56 Å². The third kappa shape index (κ3) is 2.63. The minimum Gasteiger partial charge on any atom is -0.394 e. The second-order valence-electron chi connectivity index (χ2n) is 4.75. The maximum absolute atomic E-state index is 6.10. The monoisotopic (exact) mass is 230 g/mol. The van der Waals surface area contributed by atoms with Crippen LogP contribution < -0.4 is 0 Å². The van der Waals surface area contributed by atoms with Crippen LogP contribution in [0.4, 0.5) is 0 Å². The number of hydrogen-bond acceptors (Lipinski definition) is 2. The van der Waals surface area contributed by atoms with Gasteiger partial charge in [-0.1, -0.05) is 27.2 Å². The second kappa shape index (κ2) is 5.46. The van der Waals surface area contributed by atoms with Crippen molar-refractivity contribution < 1.29 is 8.85 Å². The van der Waals surface area contributed by atoms with Crippen molar-refractivity contribution in [2.24, 2.45) is 5.92 Å². The molecule has 0 aromatic heterocycles. The predicted octanol–water partition coefficient (Wildman–Crippen LogP) is 3.71. The van der Waals surface area contributed by atoms with Gasteiger partial charge in [0.25, 0.3) is 0 Å². The van der Waals surface area contributed by atoms with Gasteiger partial charge in [-0.25, -0.2) is 0 Å². The minimum absolute atomic E-state index is 0.568. The average Bonchev–Trinajstić information content (AvgIpc) is 2.96. The zero-order chi connectivity index (χ0) is 11.5. The van der Waals surface area contributed by atoms with Crippen LogP contribution in [0.25, 0.3) is 0 Å². The summed E-state index contributed by atoms with van der Waals surface area (Å²) in [4.78, 5) is 0. The van der Waals surface area contributed by atoms with Crippen LogP contribution in [-0.4, -0.2) is 21.8 Å². The molecule has 0 bridgehead atoms. The first-order valence-corrected chi connectivity index (χ1v) is 8.37. The summed E-state index contributed by atoms with van der Waals surface area (Å²) >= 11 is 0. The normalized spacial score (nSPS) is 26.0. The fourth-order valence-corrected chi connectivity index (χ4v) is 7.12. The highest BCUT2D eigenvalue weighted by molar-refractivity contribution is 6.71. The Labute approximate surface area is 95.6 Å². The number of hydrogen-bond donors (Lipinski definition) is 0. The SMILES string of the molecule is CCO[Si](OCC)(C(C)C)C1CC1CC. The van der Waals surface area contributed by atoms with Gasteiger partial charge in [-0.2, -0.15) is 0 Å². The lowest BCUT2D eigenvalue weighted by Gasteiger charge is -2.34. The summed E-state index contributed by atoms with van der Waals surface area (Å²) in [5.41, 5.74) is 1.32. The molecule has 0 spiro atoms. The minimum atomic E-state index is -1.92. The van der Waals surface area contributed by atoms with Crippen molar-refractivity contribution >= 4 is 8.56 Å². The van der Waals surface area contributed by atoms with E-state index in [1.54, 1.807) is 0 Å². The van der Waals surface area contributed by atoms with Gasteiger partial charge in [-0.3, -0.25) is 0 Å². The van der Waals surface area contributed by atoms with Gasteiger partial charge in [-0.05, 0) is 31.7 Å². The van der Waals surface area contributed by atoms with Crippen LogP contribution in [0, 0.1) is 5.92 Å². The van der Waals surface area contributed by atoms with Crippen LogP contribution in [0.3, 0.4) is 0 Å². The molecule has 15 heavy (non-hydrogen) atoms. The summed E-state index contributed by atoms with van der Waals surface area (Å²) in [6, 6.07) is 0. The van der Waals surface area contributed by atoms with E-state index in [0.717, 1.165) is 24.7 Å². The highest BCUT2D eigenvalue weighted by atomic mass is 28.4. The fraction of sp³-hybridized carbons (Fsp3) is 1.00. The lowest BCUT2D eigenvalue weighted by Crippen LogP contribution is -2.46. The molecule has 0 aromatic carbocycles. The third-order valence-electron chi connectivity index (χ3n) is 3.51. The summed E-state index contributed by atoms with van der Waals surface area (Å²) in [5, 5.41) is 0. The Hall–Kier alpha value is 0.137. The molecule has 0 N–H and O–H groups in total. The van der Waals surface area contributed by atoms with Crippen LogP contribution in [0.2, 0.25) is 11.1 Å². The Bertz CT molecular complexity index is 188. The molecule has 0 aromatic rings. The van der Waals surface area contributed by atoms with Crippen LogP contribution in [0.15, 0.2) is 0 Å². The molecule has 2 unspecified atom stereocenters. The Morgan fingerprint density at radius 2 is 1.67 bits per heavy atom. The van der Waals surface area contributed by atoms with E-state index in [0.29, 0.717) is 5.54 Å². The largest absolute Gasteiger partial charge is 0.394 e. The molecule has 1 rings (SSSR count). The Balaban J connectivity index is 2.73. The lowest BCUT2D eigenvalue weighted by atomic mass is 10.3. The van der Waals surface area contributed by atoms with Gasteiger partial charge in [0, 0.05) is 18.8 Å². The molecular weight excluding hydrogens is 204 g/mol. The van der Waals surface area contributed by atoms with E-state index >= 15 is 0 Å². The first kappa shape index (κ1) is 13.2. The molecule has 1 saturated carbocycles. The summed E-state index contributed by atoms with van der Waals surface area (Å²) in [6.45, 7) is 12.6. The standard InChI is InChI=1S/C12H26O2Si/c1-6-11-9-12(11)15(10(4)5,13-7-2)14-8-3/h10-12H,6-9H2,1-5H3. The summed E-state index contributed by atoms with van der Waals surface area (Å²) < 4.78 is 12.2. The van der Waals surface area contributed by atoms with E-state index in [9.17, 15) is 0 Å². The molecule has 1 fully saturated rings. The highest BCUT2D eigenvalue weighted by Crippen LogP contribution is 2.57. The molecule has 2 nitrogen and oxygen atoms in total. The Morgan fingerprint density at radius 3 is 1.93 bits per heavy atom. The van der Waals surface area contributed by atoms with E-state index in [1.807, 2.05) is 0 Å². The molecule has 0 saturated heterocycles. The third-order valence-corrected chi connectivity index (χ3v) is 8.34. The van der Waals surface area contributed by atoms with Gasteiger partial charge in [0.05, 0.1) is 0 Å². The quantitative estimate of drug-likeness (QED) is 0.621. The maximum Gasteiger partial charge on any atom is 0.344 e. The molecule has 3 heteroatoms. The first-order valence-electron chi connectivity index (χ1n) is 6.40. The van der Waals surface area contributed by atoms with Crippen LogP contribution in [-0.2, 0) is 8.85 Å². The molecule has 2 atom stereocenters. The van der Waals surface area contributed by atoms with E-state index in [4.69, 9.17) is 8.85 Å². The van der Waals surface area contributed by atoms with Crippen molar-refractivity contribution in [1.82, 2.24) is 0 Å². The van der Waals surface area contributed by atoms with Gasteiger partial charge in [-0.15, -0.1) is 0 Å². The van der Waals surface area contributed by atoms with Crippen molar-refractivity contribution in [1.29, 1.82) is 0 Å². The molecule has 0 amide bonds. The summed E-state index contributed by atoms with van der Waals surface area (Å²) in [5.74, 6) is 0.872. The molecule has 0 aliphatic heterocycles. The zero-order valence-corrected chi connectivity index (χ0v) is 11.9. The fourth-order valence-electron chi connectivity index (χ4n) is 2.66. The van der Waals surface area contributed by atoms with Crippen molar-refractivity contribution in [2.75, 3.05) is 13.2 Å². The van der Waals surface area contributed by atoms with Crippen molar-refractivity contribution in [3.8, 4) is 0 Å². The Kier molecular flexibility index (Phi) is 4.81. The van der Waals surface area contributed by atoms with Crippen molar-refractivity contribution in [3.63, 3.8) is 0 Å². The molecule has 1 aliphatic carbocycles. The molecule has 1 aliphatic rings. The second-order valence-corrected chi connectivity index (χ2v) is 8.67. The number of rotatable bonds is 7. The van der Waals surface area contributed by atoms with E-state index in [1.165, 1.54) is 12.8 Å². The zero-order valence-electron chi connectivity index (χ0n) is 10.9. The van der Waals surface area contributed by atoms with Crippen LogP contribution in [0.1, 0.15) is 47.5 Å². The Morgan fingerprint density at radius 1 is 1.13 bits per heavy atom. The molecule has 0 radical (unpaired) electrons. The molecular formula is C12H26O2Si. The smallest absolute Gasteiger partial charge is 0.344 e. The summed E-state index contributed by atoms with van der Waals surface area (Å²) in [7, 11) is -1.92. The average molecular weight is 230 g/mol. The van der Waals surface area contributed by atoms with Crippen molar-refractivity contribution in [2.45, 2.75) is 58.5 Å². The highest BCUT2D eigenvalue weighted by Gasteiger charge is 2.58. The van der Waals surface area contributed by atoms with E-state index in [2.05, 4.69) is 34.6 Å². The molecule has 0 heterocycles. The van der Waals surface area contributed by atoms with Gasteiger partial charge in [0.15, 0.2) is 0 Å². The summed E-state index contributed by atoms with van der Waals surface area (Å²) in [6.07, 6.45) is 2.62. The predicted molar refractivity (Wildman–Crippen MR) is 66.3 cm³/mol. The lowest BCUT2D eigenvalue weighted by molar-refractivity contribution is 0.171. The van der Waals surface area contributed by atoms with Gasteiger partial charge in [0.1, 0.15) is 0 Å². The first-order chi connectivity index (χ1) is 7.12. The van der Waals surface area contributed by atoms with E-state index in [-0.39, 0.29) is 0 Å². The molecule has 90 valence electrons. The van der Waals surface area contributed by atoms with Crippen LogP contribution in [0.5, 0.6) is 0 Å². The van der Waals surface area contributed by atoms with Crippen LogP contribution >= 0.6 is 0 Å².